The minimum Gasteiger partial charge on any atom is -0.508 e. The van der Waals surface area contributed by atoms with E-state index in [2.05, 4.69) is 15.5 Å². The molecule has 0 fully saturated rings. The van der Waals surface area contributed by atoms with E-state index in [4.69, 9.17) is 0 Å². The van der Waals surface area contributed by atoms with E-state index in [0.717, 1.165) is 11.4 Å². The summed E-state index contributed by atoms with van der Waals surface area (Å²) in [4.78, 5) is 0. The monoisotopic (exact) mass is 282 g/mol. The average molecular weight is 282 g/mol. The number of hydrogen-bond acceptors (Lipinski definition) is 5. The zero-order chi connectivity index (χ0) is 14.7. The Morgan fingerprint density at radius 2 is 1.81 bits per heavy atom. The largest absolute Gasteiger partial charge is 0.508 e. The number of phenols is 2. The number of aromatic nitrogens is 3. The van der Waals surface area contributed by atoms with E-state index in [9.17, 15) is 10.2 Å². The second-order valence-corrected chi connectivity index (χ2v) is 4.59. The van der Waals surface area contributed by atoms with Crippen molar-refractivity contribution in [3.05, 3.63) is 60.7 Å². The summed E-state index contributed by atoms with van der Waals surface area (Å²) in [6.45, 7) is 0.456. The van der Waals surface area contributed by atoms with Crippen molar-refractivity contribution in [2.75, 3.05) is 5.32 Å². The molecule has 1 heterocycles. The van der Waals surface area contributed by atoms with Gasteiger partial charge in [-0.2, -0.15) is 0 Å². The Bertz CT molecular complexity index is 741. The number of anilines is 1. The lowest BCUT2D eigenvalue weighted by atomic mass is 10.2. The summed E-state index contributed by atoms with van der Waals surface area (Å²) in [7, 11) is 0. The number of rotatable bonds is 4. The fourth-order valence-electron chi connectivity index (χ4n) is 2.01. The van der Waals surface area contributed by atoms with E-state index in [0.29, 0.717) is 12.1 Å². The zero-order valence-corrected chi connectivity index (χ0v) is 11.1. The standard InChI is InChI=1S/C15H14N4O2/c20-14-5-4-11(15(21)7-14)8-16-12-2-1-3-13(6-12)19-9-17-18-10-19/h1-7,9-10,16,20-21H,8H2. The summed E-state index contributed by atoms with van der Waals surface area (Å²) in [5, 5.41) is 29.8. The highest BCUT2D eigenvalue weighted by atomic mass is 16.3. The van der Waals surface area contributed by atoms with Crippen LogP contribution in [0.25, 0.3) is 5.69 Å². The van der Waals surface area contributed by atoms with Crippen LogP contribution in [-0.2, 0) is 6.54 Å². The molecule has 0 aliphatic carbocycles. The number of nitrogens with one attached hydrogen (secondary N) is 1. The number of aromatic hydroxyl groups is 2. The molecular weight excluding hydrogens is 268 g/mol. The number of phenolic OH excluding ortho intramolecular Hbond substituents is 2. The van der Waals surface area contributed by atoms with Gasteiger partial charge in [0, 0.05) is 23.9 Å². The van der Waals surface area contributed by atoms with Gasteiger partial charge in [-0.15, -0.1) is 10.2 Å². The van der Waals surface area contributed by atoms with Gasteiger partial charge < -0.3 is 15.5 Å². The number of nitrogens with zero attached hydrogens (tertiary/aromatic N) is 3. The first-order valence-electron chi connectivity index (χ1n) is 6.42. The van der Waals surface area contributed by atoms with Crippen LogP contribution in [0.5, 0.6) is 11.5 Å². The maximum atomic E-state index is 9.75. The Hall–Kier alpha value is -3.02. The van der Waals surface area contributed by atoms with Gasteiger partial charge in [-0.3, -0.25) is 4.57 Å². The molecule has 2 aromatic carbocycles. The molecule has 0 amide bonds. The minimum absolute atomic E-state index is 0.0471. The van der Waals surface area contributed by atoms with Crippen molar-refractivity contribution in [2.45, 2.75) is 6.54 Å². The molecule has 0 atom stereocenters. The molecular formula is C15H14N4O2. The third-order valence-electron chi connectivity index (χ3n) is 3.11. The zero-order valence-electron chi connectivity index (χ0n) is 11.1. The Morgan fingerprint density at radius 1 is 1.00 bits per heavy atom. The Labute approximate surface area is 121 Å². The SMILES string of the molecule is Oc1ccc(CNc2cccc(-n3cnnc3)c2)c(O)c1. The molecule has 106 valence electrons. The number of benzene rings is 2. The quantitative estimate of drug-likeness (QED) is 0.684. The van der Waals surface area contributed by atoms with Gasteiger partial charge in [0.15, 0.2) is 0 Å². The molecule has 0 aliphatic rings. The van der Waals surface area contributed by atoms with E-state index in [1.54, 1.807) is 24.8 Å². The first-order chi connectivity index (χ1) is 10.2. The molecule has 3 N–H and O–H groups in total. The first-order valence-corrected chi connectivity index (χ1v) is 6.42. The molecule has 1 aromatic heterocycles. The van der Waals surface area contributed by atoms with Gasteiger partial charge in [-0.05, 0) is 30.3 Å². The summed E-state index contributed by atoms with van der Waals surface area (Å²) < 4.78 is 1.81. The average Bonchev–Trinajstić information content (AvgIpc) is 3.01. The van der Waals surface area contributed by atoms with Crippen LogP contribution in [-0.4, -0.2) is 25.0 Å². The molecule has 0 unspecified atom stereocenters. The molecule has 0 bridgehead atoms. The Kier molecular flexibility index (Phi) is 3.42. The second-order valence-electron chi connectivity index (χ2n) is 4.59. The van der Waals surface area contributed by atoms with Gasteiger partial charge in [0.25, 0.3) is 0 Å². The fourth-order valence-corrected chi connectivity index (χ4v) is 2.01. The molecule has 3 rings (SSSR count). The van der Waals surface area contributed by atoms with E-state index < -0.39 is 0 Å². The summed E-state index contributed by atoms with van der Waals surface area (Å²) in [5.41, 5.74) is 2.57. The minimum atomic E-state index is 0.0471. The topological polar surface area (TPSA) is 83.2 Å². The van der Waals surface area contributed by atoms with Gasteiger partial charge in [0.2, 0.25) is 0 Å². The molecule has 0 saturated heterocycles. The summed E-state index contributed by atoms with van der Waals surface area (Å²) in [5.74, 6) is 0.114. The highest BCUT2D eigenvalue weighted by Crippen LogP contribution is 2.23. The van der Waals surface area contributed by atoms with Crippen LogP contribution in [0.1, 0.15) is 5.56 Å². The maximum absolute atomic E-state index is 9.75. The Morgan fingerprint density at radius 3 is 2.57 bits per heavy atom. The predicted molar refractivity (Wildman–Crippen MR) is 78.5 cm³/mol. The molecule has 21 heavy (non-hydrogen) atoms. The van der Waals surface area contributed by atoms with Gasteiger partial charge in [-0.25, -0.2) is 0 Å². The summed E-state index contributed by atoms with van der Waals surface area (Å²) in [6.07, 6.45) is 3.26. The molecule has 3 aromatic rings. The van der Waals surface area contributed by atoms with Crippen LogP contribution in [0, 0.1) is 0 Å². The van der Waals surface area contributed by atoms with Crippen LogP contribution >= 0.6 is 0 Å². The van der Waals surface area contributed by atoms with Gasteiger partial charge in [-0.1, -0.05) is 6.07 Å². The third kappa shape index (κ3) is 2.94. The normalized spacial score (nSPS) is 10.5. The smallest absolute Gasteiger partial charge is 0.124 e. The summed E-state index contributed by atoms with van der Waals surface area (Å²) in [6, 6.07) is 12.3. The van der Waals surface area contributed by atoms with Crippen LogP contribution in [0.4, 0.5) is 5.69 Å². The van der Waals surface area contributed by atoms with Crippen molar-refractivity contribution in [3.8, 4) is 17.2 Å². The van der Waals surface area contributed by atoms with Crippen molar-refractivity contribution >= 4 is 5.69 Å². The molecule has 0 aliphatic heterocycles. The van der Waals surface area contributed by atoms with Crippen molar-refractivity contribution in [1.82, 2.24) is 14.8 Å². The molecule has 6 heteroatoms. The van der Waals surface area contributed by atoms with Crippen LogP contribution in [0.2, 0.25) is 0 Å². The van der Waals surface area contributed by atoms with E-state index in [1.807, 2.05) is 28.8 Å². The van der Waals surface area contributed by atoms with Crippen molar-refractivity contribution in [2.24, 2.45) is 0 Å². The molecule has 0 spiro atoms. The summed E-state index contributed by atoms with van der Waals surface area (Å²) >= 11 is 0. The lowest BCUT2D eigenvalue weighted by Crippen LogP contribution is -2.00. The fraction of sp³-hybridized carbons (Fsp3) is 0.0667. The highest BCUT2D eigenvalue weighted by molar-refractivity contribution is 5.52. The van der Waals surface area contributed by atoms with Crippen molar-refractivity contribution < 1.29 is 10.2 Å². The van der Waals surface area contributed by atoms with Crippen LogP contribution in [0.3, 0.4) is 0 Å². The lowest BCUT2D eigenvalue weighted by molar-refractivity contribution is 0.446. The predicted octanol–water partition coefficient (Wildman–Crippen LogP) is 2.29. The van der Waals surface area contributed by atoms with E-state index in [1.165, 1.54) is 6.07 Å². The van der Waals surface area contributed by atoms with Gasteiger partial charge >= 0.3 is 0 Å². The van der Waals surface area contributed by atoms with Crippen molar-refractivity contribution in [3.63, 3.8) is 0 Å². The molecule has 0 radical (unpaired) electrons. The van der Waals surface area contributed by atoms with Gasteiger partial charge in [0.1, 0.15) is 24.2 Å². The van der Waals surface area contributed by atoms with Gasteiger partial charge in [0.05, 0.1) is 5.69 Å². The molecule has 6 nitrogen and oxygen atoms in total. The Balaban J connectivity index is 1.75. The van der Waals surface area contributed by atoms with Crippen LogP contribution < -0.4 is 5.32 Å². The first kappa shape index (κ1) is 13.0. The lowest BCUT2D eigenvalue weighted by Gasteiger charge is -2.10. The number of hydrogen-bond donors (Lipinski definition) is 3. The maximum Gasteiger partial charge on any atom is 0.124 e. The molecule has 0 saturated carbocycles. The third-order valence-corrected chi connectivity index (χ3v) is 3.11. The second kappa shape index (κ2) is 5.54. The van der Waals surface area contributed by atoms with E-state index in [-0.39, 0.29) is 11.5 Å². The van der Waals surface area contributed by atoms with Crippen molar-refractivity contribution in [1.29, 1.82) is 0 Å². The highest BCUT2D eigenvalue weighted by Gasteiger charge is 2.03. The van der Waals surface area contributed by atoms with E-state index >= 15 is 0 Å². The van der Waals surface area contributed by atoms with Crippen LogP contribution in [0.15, 0.2) is 55.1 Å².